The van der Waals surface area contributed by atoms with E-state index in [9.17, 15) is 18.8 Å². The first kappa shape index (κ1) is 20.9. The lowest BCUT2D eigenvalue weighted by molar-refractivity contribution is -0.130. The van der Waals surface area contributed by atoms with Gasteiger partial charge in [0.2, 0.25) is 0 Å². The van der Waals surface area contributed by atoms with E-state index in [0.717, 1.165) is 12.1 Å². The Balaban J connectivity index is 1.44. The summed E-state index contributed by atoms with van der Waals surface area (Å²) in [7, 11) is 0. The Kier molecular flexibility index (Phi) is 5.42. The highest BCUT2D eigenvalue weighted by Gasteiger charge is 2.37. The number of aromatic nitrogens is 1. The first-order chi connectivity index (χ1) is 16.0. The highest BCUT2D eigenvalue weighted by molar-refractivity contribution is 6.04. The molecule has 2 atom stereocenters. The molecule has 2 bridgehead atoms. The van der Waals surface area contributed by atoms with E-state index in [0.29, 0.717) is 25.2 Å². The fraction of sp³-hybridized carbons (Fsp3) is 0.240. The average Bonchev–Trinajstić information content (AvgIpc) is 3.34. The molecule has 2 aliphatic heterocycles. The normalized spacial score (nSPS) is 19.7. The van der Waals surface area contributed by atoms with Gasteiger partial charge in [-0.3, -0.25) is 14.4 Å². The molecule has 5 rings (SSSR count). The van der Waals surface area contributed by atoms with E-state index in [4.69, 9.17) is 4.42 Å². The summed E-state index contributed by atoms with van der Waals surface area (Å²) >= 11 is 0. The van der Waals surface area contributed by atoms with Gasteiger partial charge in [0.05, 0.1) is 6.26 Å². The van der Waals surface area contributed by atoms with Crippen LogP contribution in [0.2, 0.25) is 0 Å². The lowest BCUT2D eigenvalue weighted by Gasteiger charge is -2.42. The number of halogens is 1. The number of nitrogens with zero attached hydrogens (tertiary/aromatic N) is 2. The summed E-state index contributed by atoms with van der Waals surface area (Å²) < 4.78 is 20.7. The van der Waals surface area contributed by atoms with Gasteiger partial charge in [-0.05, 0) is 54.3 Å². The maximum absolute atomic E-state index is 13.7. The molecule has 0 spiro atoms. The van der Waals surface area contributed by atoms with Crippen LogP contribution in [-0.4, -0.2) is 34.4 Å². The second kappa shape index (κ2) is 8.54. The number of carbonyl (C=O) groups excluding carboxylic acids is 2. The summed E-state index contributed by atoms with van der Waals surface area (Å²) in [5, 5.41) is 2.64. The summed E-state index contributed by atoms with van der Waals surface area (Å²) in [5.41, 5.74) is 1.38. The molecule has 1 fully saturated rings. The van der Waals surface area contributed by atoms with Crippen LogP contribution in [0.5, 0.6) is 0 Å². The van der Waals surface area contributed by atoms with Gasteiger partial charge in [0.1, 0.15) is 11.5 Å². The monoisotopic (exact) mass is 447 g/mol. The highest BCUT2D eigenvalue weighted by atomic mass is 19.1. The first-order valence-electron chi connectivity index (χ1n) is 10.8. The number of hydrogen-bond donors (Lipinski definition) is 1. The minimum atomic E-state index is -0.565. The molecule has 4 heterocycles. The molecule has 2 aliphatic rings. The molecule has 168 valence electrons. The van der Waals surface area contributed by atoms with Crippen LogP contribution in [0, 0.1) is 11.7 Å². The fourth-order valence-electron chi connectivity index (χ4n) is 4.74. The number of hydrogen-bond acceptors (Lipinski definition) is 4. The van der Waals surface area contributed by atoms with Crippen LogP contribution in [0.15, 0.2) is 75.8 Å². The maximum atomic E-state index is 13.7. The van der Waals surface area contributed by atoms with Gasteiger partial charge < -0.3 is 19.2 Å². The lowest BCUT2D eigenvalue weighted by atomic mass is 9.83. The van der Waals surface area contributed by atoms with Crippen molar-refractivity contribution >= 4 is 17.9 Å². The smallest absolute Gasteiger partial charge is 0.291 e. The summed E-state index contributed by atoms with van der Waals surface area (Å²) in [4.78, 5) is 40.2. The second-order valence-corrected chi connectivity index (χ2v) is 8.45. The van der Waals surface area contributed by atoms with Crippen LogP contribution < -0.4 is 10.9 Å². The van der Waals surface area contributed by atoms with Crippen molar-refractivity contribution in [1.29, 1.82) is 0 Å². The van der Waals surface area contributed by atoms with Crippen LogP contribution in [0.25, 0.3) is 6.08 Å². The van der Waals surface area contributed by atoms with Crippen LogP contribution >= 0.6 is 0 Å². The van der Waals surface area contributed by atoms with Crippen LogP contribution in [0.4, 0.5) is 4.39 Å². The number of pyridine rings is 1. The van der Waals surface area contributed by atoms with Gasteiger partial charge in [-0.15, -0.1) is 0 Å². The van der Waals surface area contributed by atoms with E-state index < -0.39 is 11.7 Å². The number of piperidine rings is 1. The molecule has 0 saturated carbocycles. The topological polar surface area (TPSA) is 84.5 Å². The molecule has 3 aromatic rings. The maximum Gasteiger partial charge on any atom is 0.291 e. The molecular formula is C25H22FN3O4. The number of benzene rings is 1. The highest BCUT2D eigenvalue weighted by Crippen LogP contribution is 2.35. The zero-order valence-corrected chi connectivity index (χ0v) is 17.7. The molecule has 1 aromatic carbocycles. The number of rotatable bonds is 4. The number of amides is 2. The van der Waals surface area contributed by atoms with E-state index in [2.05, 4.69) is 5.32 Å². The van der Waals surface area contributed by atoms with Crippen molar-refractivity contribution in [3.8, 4) is 0 Å². The third kappa shape index (κ3) is 4.24. The number of fused-ring (bicyclic) bond motifs is 4. The van der Waals surface area contributed by atoms with Crippen molar-refractivity contribution in [2.45, 2.75) is 18.9 Å². The average molecular weight is 447 g/mol. The van der Waals surface area contributed by atoms with E-state index >= 15 is 0 Å². The number of carbonyl (C=O) groups is 2. The van der Waals surface area contributed by atoms with Gasteiger partial charge in [-0.25, -0.2) is 4.39 Å². The van der Waals surface area contributed by atoms with Gasteiger partial charge >= 0.3 is 0 Å². The zero-order valence-electron chi connectivity index (χ0n) is 17.7. The minimum Gasteiger partial charge on any atom is -0.459 e. The Labute approximate surface area is 189 Å². The summed E-state index contributed by atoms with van der Waals surface area (Å²) in [6.45, 7) is 1.44. The summed E-state index contributed by atoms with van der Waals surface area (Å²) in [6.07, 6.45) is 3.74. The van der Waals surface area contributed by atoms with E-state index in [1.54, 1.807) is 33.7 Å². The van der Waals surface area contributed by atoms with Crippen LogP contribution in [0.1, 0.15) is 34.2 Å². The number of furan rings is 1. The molecule has 2 unspecified atom stereocenters. The molecule has 8 heteroatoms. The quantitative estimate of drug-likeness (QED) is 0.624. The first-order valence-corrected chi connectivity index (χ1v) is 10.8. The number of nitrogens with one attached hydrogen (secondary N) is 1. The molecule has 1 saturated heterocycles. The predicted octanol–water partition coefficient (Wildman–Crippen LogP) is 3.00. The van der Waals surface area contributed by atoms with Crippen molar-refractivity contribution in [1.82, 2.24) is 14.8 Å². The Morgan fingerprint density at radius 2 is 1.91 bits per heavy atom. The van der Waals surface area contributed by atoms with Crippen LogP contribution in [-0.2, 0) is 11.3 Å². The fourth-order valence-corrected chi connectivity index (χ4v) is 4.74. The van der Waals surface area contributed by atoms with Crippen molar-refractivity contribution in [2.75, 3.05) is 13.1 Å². The Hall–Kier alpha value is -3.94. The van der Waals surface area contributed by atoms with Crippen molar-refractivity contribution < 1.29 is 18.4 Å². The summed E-state index contributed by atoms with van der Waals surface area (Å²) in [5.74, 6) is -1.13. The Bertz CT molecular complexity index is 1290. The molecule has 2 aromatic heterocycles. The molecule has 7 nitrogen and oxygen atoms in total. The Morgan fingerprint density at radius 3 is 2.70 bits per heavy atom. The van der Waals surface area contributed by atoms with E-state index in [1.165, 1.54) is 36.6 Å². The van der Waals surface area contributed by atoms with Crippen molar-refractivity contribution in [3.05, 3.63) is 99.7 Å². The van der Waals surface area contributed by atoms with Gasteiger partial charge in [-0.2, -0.15) is 0 Å². The summed E-state index contributed by atoms with van der Waals surface area (Å²) in [6, 6.07) is 14.1. The van der Waals surface area contributed by atoms with Gasteiger partial charge in [-0.1, -0.05) is 18.2 Å². The van der Waals surface area contributed by atoms with E-state index in [1.807, 2.05) is 6.07 Å². The molecular weight excluding hydrogens is 425 g/mol. The SMILES string of the molecule is O=C(N/C(=C\c1cccc(F)c1)C(=O)N1CC2CC(C1)c1cccc(=O)n1C2)c1ccco1. The third-order valence-corrected chi connectivity index (χ3v) is 6.15. The minimum absolute atomic E-state index is 0.0284. The molecule has 2 amide bonds. The standard InChI is InChI=1S/C25H22FN3O4/c26-19-5-1-4-16(11-19)12-20(27-24(31)22-7-3-9-33-22)25(32)28-13-17-10-18(15-28)21-6-2-8-23(30)29(21)14-17/h1-9,11-12,17-18H,10,13-15H2,(H,27,31)/b20-12-. The molecule has 1 N–H and O–H groups in total. The molecule has 33 heavy (non-hydrogen) atoms. The van der Waals surface area contributed by atoms with Gasteiger partial charge in [0.15, 0.2) is 5.76 Å². The van der Waals surface area contributed by atoms with Gasteiger partial charge in [0, 0.05) is 37.3 Å². The lowest BCUT2D eigenvalue weighted by Crippen LogP contribution is -2.50. The van der Waals surface area contributed by atoms with Crippen molar-refractivity contribution in [3.63, 3.8) is 0 Å². The molecule has 0 aliphatic carbocycles. The van der Waals surface area contributed by atoms with Crippen LogP contribution in [0.3, 0.4) is 0 Å². The largest absolute Gasteiger partial charge is 0.459 e. The Morgan fingerprint density at radius 1 is 1.06 bits per heavy atom. The second-order valence-electron chi connectivity index (χ2n) is 8.45. The van der Waals surface area contributed by atoms with Crippen molar-refractivity contribution in [2.24, 2.45) is 5.92 Å². The van der Waals surface area contributed by atoms with Gasteiger partial charge in [0.25, 0.3) is 17.4 Å². The molecule has 0 radical (unpaired) electrons. The zero-order chi connectivity index (χ0) is 22.9. The predicted molar refractivity (Wildman–Crippen MR) is 119 cm³/mol. The number of likely N-dealkylation sites (tertiary alicyclic amines) is 1. The van der Waals surface area contributed by atoms with E-state index in [-0.39, 0.29) is 34.8 Å². The third-order valence-electron chi connectivity index (χ3n) is 6.15.